The van der Waals surface area contributed by atoms with E-state index in [-0.39, 0.29) is 12.6 Å². The first-order valence-corrected chi connectivity index (χ1v) is 10.9. The zero-order chi connectivity index (χ0) is 21.5. The minimum absolute atomic E-state index is 0.204. The molecule has 2 amide bonds. The van der Waals surface area contributed by atoms with Crippen molar-refractivity contribution in [2.24, 2.45) is 0 Å². The van der Waals surface area contributed by atoms with E-state index < -0.39 is 0 Å². The largest absolute Gasteiger partial charge is 0.396 e. The Morgan fingerprint density at radius 3 is 2.84 bits per heavy atom. The molecule has 0 saturated carbocycles. The van der Waals surface area contributed by atoms with Gasteiger partial charge in [0, 0.05) is 24.9 Å². The lowest BCUT2D eigenvalue weighted by Gasteiger charge is -2.22. The van der Waals surface area contributed by atoms with Crippen LogP contribution < -0.4 is 10.2 Å². The van der Waals surface area contributed by atoms with Crippen LogP contribution in [0.5, 0.6) is 0 Å². The summed E-state index contributed by atoms with van der Waals surface area (Å²) < 4.78 is 0. The number of benzene rings is 1. The summed E-state index contributed by atoms with van der Waals surface area (Å²) in [6.07, 6.45) is 7.23. The van der Waals surface area contributed by atoms with Gasteiger partial charge in [-0.2, -0.15) is 0 Å². The van der Waals surface area contributed by atoms with Crippen molar-refractivity contribution < 1.29 is 9.90 Å². The van der Waals surface area contributed by atoms with Crippen LogP contribution >= 0.6 is 0 Å². The Morgan fingerprint density at radius 1 is 1.06 bits per heavy atom. The third-order valence-electron chi connectivity index (χ3n) is 5.53. The Balaban J connectivity index is 1.61. The molecule has 0 atom stereocenters. The Morgan fingerprint density at radius 2 is 2.00 bits per heavy atom. The molecule has 0 unspecified atom stereocenters. The zero-order valence-corrected chi connectivity index (χ0v) is 17.6. The van der Waals surface area contributed by atoms with Crippen LogP contribution in [-0.4, -0.2) is 34.3 Å². The summed E-state index contributed by atoms with van der Waals surface area (Å²) >= 11 is 0. The molecule has 0 aliphatic carbocycles. The van der Waals surface area contributed by atoms with Gasteiger partial charge >= 0.3 is 6.03 Å². The first-order valence-electron chi connectivity index (χ1n) is 10.9. The predicted octanol–water partition coefficient (Wildman–Crippen LogP) is 4.83. The summed E-state index contributed by atoms with van der Waals surface area (Å²) in [5, 5.41) is 11.9. The van der Waals surface area contributed by atoms with Gasteiger partial charge in [0.15, 0.2) is 0 Å². The van der Waals surface area contributed by atoms with Gasteiger partial charge in [-0.15, -0.1) is 0 Å². The van der Waals surface area contributed by atoms with Crippen molar-refractivity contribution in [2.75, 3.05) is 23.4 Å². The van der Waals surface area contributed by atoms with Gasteiger partial charge in [-0.05, 0) is 73.9 Å². The van der Waals surface area contributed by atoms with Crippen LogP contribution in [0, 0.1) is 0 Å². The van der Waals surface area contributed by atoms with Crippen LogP contribution in [0.25, 0.3) is 11.3 Å². The number of aromatic nitrogens is 2. The highest BCUT2D eigenvalue weighted by atomic mass is 16.2. The second-order valence-electron chi connectivity index (χ2n) is 7.81. The van der Waals surface area contributed by atoms with E-state index in [4.69, 9.17) is 10.1 Å². The maximum absolute atomic E-state index is 13.0. The normalized spacial score (nSPS) is 13.4. The molecule has 160 valence electrons. The number of pyridine rings is 2. The third kappa shape index (κ3) is 5.27. The summed E-state index contributed by atoms with van der Waals surface area (Å²) in [5.74, 6) is 1.26. The lowest BCUT2D eigenvalue weighted by molar-refractivity contribution is 0.256. The molecule has 0 radical (unpaired) electrons. The number of nitrogens with zero attached hydrogens (tertiary/aromatic N) is 3. The van der Waals surface area contributed by atoms with Gasteiger partial charge < -0.3 is 5.11 Å². The van der Waals surface area contributed by atoms with E-state index in [1.165, 1.54) is 5.56 Å². The van der Waals surface area contributed by atoms with Gasteiger partial charge in [-0.25, -0.2) is 14.8 Å². The summed E-state index contributed by atoms with van der Waals surface area (Å²) in [4.78, 5) is 23.9. The van der Waals surface area contributed by atoms with Crippen LogP contribution in [0.2, 0.25) is 0 Å². The molecular weight excluding hydrogens is 388 g/mol. The van der Waals surface area contributed by atoms with E-state index >= 15 is 0 Å². The van der Waals surface area contributed by atoms with Gasteiger partial charge in [-0.3, -0.25) is 10.2 Å². The quantitative estimate of drug-likeness (QED) is 0.564. The number of fused-ring (bicyclic) bond motifs is 1. The second-order valence-corrected chi connectivity index (χ2v) is 7.81. The monoisotopic (exact) mass is 416 g/mol. The molecule has 6 nitrogen and oxygen atoms in total. The van der Waals surface area contributed by atoms with E-state index in [1.807, 2.05) is 24.3 Å². The highest BCUT2D eigenvalue weighted by Gasteiger charge is 2.23. The molecule has 3 heterocycles. The van der Waals surface area contributed by atoms with E-state index in [0.29, 0.717) is 12.4 Å². The Bertz CT molecular complexity index is 1020. The molecule has 6 heteroatoms. The van der Waals surface area contributed by atoms with Crippen molar-refractivity contribution in [3.63, 3.8) is 0 Å². The number of nitrogens with one attached hydrogen (secondary N) is 1. The number of aliphatic hydroxyl groups excluding tert-OH is 1. The lowest BCUT2D eigenvalue weighted by atomic mass is 10.0. The van der Waals surface area contributed by atoms with E-state index in [9.17, 15) is 4.79 Å². The molecule has 3 aromatic rings. The molecule has 1 aliphatic heterocycles. The third-order valence-corrected chi connectivity index (χ3v) is 5.53. The Labute approximate surface area is 183 Å². The SMILES string of the molecule is O=C(Nc1ccccn1)N1CCCCc2ccc(-c3cccc(CCCCO)c3)nc21. The maximum Gasteiger partial charge on any atom is 0.328 e. The van der Waals surface area contributed by atoms with Crippen molar-refractivity contribution >= 4 is 17.7 Å². The topological polar surface area (TPSA) is 78.4 Å². The molecule has 1 aromatic carbocycles. The Hall–Kier alpha value is -3.25. The predicted molar refractivity (Wildman–Crippen MR) is 123 cm³/mol. The molecule has 2 aromatic heterocycles. The van der Waals surface area contributed by atoms with Crippen molar-refractivity contribution in [2.45, 2.75) is 38.5 Å². The summed E-state index contributed by atoms with van der Waals surface area (Å²) in [6, 6.07) is 17.8. The molecule has 31 heavy (non-hydrogen) atoms. The standard InChI is InChI=1S/C25H28N4O2/c30-17-6-3-8-19-9-7-11-21(18-19)22-14-13-20-10-2-5-16-29(24(20)27-22)25(31)28-23-12-1-4-15-26-23/h1,4,7,9,11-15,18,30H,2-3,5-6,8,10,16-17H2,(H,26,28,31). The molecule has 0 spiro atoms. The number of rotatable bonds is 6. The van der Waals surface area contributed by atoms with Crippen molar-refractivity contribution in [1.29, 1.82) is 0 Å². The molecule has 1 aliphatic rings. The van der Waals surface area contributed by atoms with Gasteiger partial charge in [0.05, 0.1) is 5.69 Å². The zero-order valence-electron chi connectivity index (χ0n) is 17.6. The Kier molecular flexibility index (Phi) is 6.89. The average Bonchev–Trinajstić information content (AvgIpc) is 3.02. The van der Waals surface area contributed by atoms with Crippen molar-refractivity contribution in [1.82, 2.24) is 9.97 Å². The number of aryl methyl sites for hydroxylation is 2. The number of hydrogen-bond acceptors (Lipinski definition) is 4. The maximum atomic E-state index is 13.0. The average molecular weight is 417 g/mol. The van der Waals surface area contributed by atoms with Gasteiger partial charge in [0.25, 0.3) is 0 Å². The van der Waals surface area contributed by atoms with Gasteiger partial charge in [-0.1, -0.05) is 30.3 Å². The number of amides is 2. The smallest absolute Gasteiger partial charge is 0.328 e. The number of anilines is 2. The lowest BCUT2D eigenvalue weighted by Crippen LogP contribution is -2.36. The molecular formula is C25H28N4O2. The van der Waals surface area contributed by atoms with Crippen LogP contribution in [0.3, 0.4) is 0 Å². The second kappa shape index (κ2) is 10.2. The van der Waals surface area contributed by atoms with Crippen LogP contribution in [0.4, 0.5) is 16.4 Å². The summed E-state index contributed by atoms with van der Waals surface area (Å²) in [7, 11) is 0. The van der Waals surface area contributed by atoms with Crippen LogP contribution in [0.15, 0.2) is 60.8 Å². The minimum atomic E-state index is -0.204. The molecule has 0 bridgehead atoms. The fourth-order valence-electron chi connectivity index (χ4n) is 3.90. The number of unbranched alkanes of at least 4 members (excludes halogenated alkanes) is 1. The van der Waals surface area contributed by atoms with Gasteiger partial charge in [0.1, 0.15) is 11.6 Å². The number of carbonyl (C=O) groups excluding carboxylic acids is 1. The van der Waals surface area contributed by atoms with Crippen molar-refractivity contribution in [3.05, 3.63) is 71.9 Å². The number of carbonyl (C=O) groups is 1. The number of hydrogen-bond donors (Lipinski definition) is 2. The molecule has 4 rings (SSSR count). The summed E-state index contributed by atoms with van der Waals surface area (Å²) in [6.45, 7) is 0.853. The van der Waals surface area contributed by atoms with Crippen molar-refractivity contribution in [3.8, 4) is 11.3 Å². The first-order chi connectivity index (χ1) is 15.2. The van der Waals surface area contributed by atoms with E-state index in [2.05, 4.69) is 34.6 Å². The highest BCUT2D eigenvalue weighted by Crippen LogP contribution is 2.29. The first kappa shape index (κ1) is 21.0. The molecule has 2 N–H and O–H groups in total. The fraction of sp³-hybridized carbons (Fsp3) is 0.320. The highest BCUT2D eigenvalue weighted by molar-refractivity contribution is 6.01. The van der Waals surface area contributed by atoms with Crippen LogP contribution in [0.1, 0.15) is 36.8 Å². The number of urea groups is 1. The minimum Gasteiger partial charge on any atom is -0.396 e. The van der Waals surface area contributed by atoms with E-state index in [0.717, 1.165) is 61.2 Å². The van der Waals surface area contributed by atoms with E-state index in [1.54, 1.807) is 17.2 Å². The van der Waals surface area contributed by atoms with Crippen LogP contribution in [-0.2, 0) is 12.8 Å². The molecule has 0 saturated heterocycles. The summed E-state index contributed by atoms with van der Waals surface area (Å²) in [5.41, 5.74) is 4.22. The molecule has 0 fully saturated rings. The van der Waals surface area contributed by atoms with Gasteiger partial charge in [0.2, 0.25) is 0 Å². The fourth-order valence-corrected chi connectivity index (χ4v) is 3.90. The number of aliphatic hydroxyl groups is 1.